The molecule has 0 rings (SSSR count). The van der Waals surface area contributed by atoms with Crippen LogP contribution < -0.4 is 4.91 Å². The maximum absolute atomic E-state index is 8.49. The van der Waals surface area contributed by atoms with E-state index in [1.54, 1.807) is 7.11 Å². The molecule has 0 heterocycles. The van der Waals surface area contributed by atoms with Crippen molar-refractivity contribution < 1.29 is 38.3 Å². The Balaban J connectivity index is 0. The fourth-order valence-corrected chi connectivity index (χ4v) is 1.41. The van der Waals surface area contributed by atoms with Gasteiger partial charge in [-0.3, -0.25) is 0 Å². The van der Waals surface area contributed by atoms with E-state index in [-0.39, 0.29) is 6.61 Å². The van der Waals surface area contributed by atoms with E-state index in [4.69, 9.17) is 49.3 Å². The van der Waals surface area contributed by atoms with Crippen LogP contribution in [0.3, 0.4) is 0 Å². The van der Waals surface area contributed by atoms with Gasteiger partial charge in [0.2, 0.25) is 4.91 Å². The molecule has 0 fully saturated rings. The lowest BCUT2D eigenvalue weighted by Gasteiger charge is -2.08. The summed E-state index contributed by atoms with van der Waals surface area (Å²) in [5.74, 6) is 0. The number of nitrogens with one attached hydrogen (secondary N) is 2. The van der Waals surface area contributed by atoms with Gasteiger partial charge in [0, 0.05) is 7.11 Å². The Kier molecular flexibility index (Phi) is 30.1. The summed E-state index contributed by atoms with van der Waals surface area (Å²) < 4.78 is 36.5. The van der Waals surface area contributed by atoms with Gasteiger partial charge in [0.05, 0.1) is 92.5 Å². The van der Waals surface area contributed by atoms with Crippen LogP contribution in [0.5, 0.6) is 0 Å². The summed E-state index contributed by atoms with van der Waals surface area (Å²) in [6.45, 7) is 6.90. The molecule has 26 heavy (non-hydrogen) atoms. The lowest BCUT2D eigenvalue weighted by molar-refractivity contribution is -0.0202. The van der Waals surface area contributed by atoms with Gasteiger partial charge in [0.1, 0.15) is 11.1 Å². The Morgan fingerprint density at radius 1 is 0.538 bits per heavy atom. The van der Waals surface area contributed by atoms with Gasteiger partial charge in [-0.2, -0.15) is 0 Å². The third-order valence-electron chi connectivity index (χ3n) is 2.53. The molecule has 0 saturated carbocycles. The summed E-state index contributed by atoms with van der Waals surface area (Å²) in [7, 11) is 1.64. The number of rotatable bonds is 20. The second-order valence-corrected chi connectivity index (χ2v) is 4.50. The molecule has 0 spiro atoms. The molecular formula is C15H34N3O8+. The maximum atomic E-state index is 8.49. The zero-order valence-corrected chi connectivity index (χ0v) is 15.7. The van der Waals surface area contributed by atoms with Crippen molar-refractivity contribution in [3.05, 3.63) is 0 Å². The van der Waals surface area contributed by atoms with Crippen LogP contribution in [-0.4, -0.2) is 105 Å². The molecule has 0 aliphatic rings. The lowest BCUT2D eigenvalue weighted by Crippen LogP contribution is -2.14. The van der Waals surface area contributed by atoms with Crippen LogP contribution in [0, 0.1) is 11.1 Å². The molecule has 156 valence electrons. The number of aliphatic hydroxyl groups is 1. The molecule has 3 N–H and O–H groups in total. The van der Waals surface area contributed by atoms with Crippen molar-refractivity contribution in [3.63, 3.8) is 0 Å². The standard InChI is InChI=1S/C15H32O8.H2N3/c1-17-4-5-19-8-9-21-12-13-23-15-14-22-11-10-20-7-6-18-3-2-16;1-3-2/h16H,2-15H2,1H3;1-2H/q;+1. The predicted octanol–water partition coefficient (Wildman–Crippen LogP) is -0.160. The number of methoxy groups -OCH3 is 1. The number of aliphatic hydroxyl groups excluding tert-OH is 1. The maximum Gasteiger partial charge on any atom is 0.211 e. The van der Waals surface area contributed by atoms with Crippen molar-refractivity contribution in [2.24, 2.45) is 0 Å². The molecule has 0 aromatic carbocycles. The summed E-state index contributed by atoms with van der Waals surface area (Å²) in [6.07, 6.45) is 0. The van der Waals surface area contributed by atoms with Crippen LogP contribution in [-0.2, 0) is 33.2 Å². The molecule has 11 nitrogen and oxygen atoms in total. The van der Waals surface area contributed by atoms with Crippen LogP contribution in [0.4, 0.5) is 0 Å². The van der Waals surface area contributed by atoms with E-state index in [1.165, 1.54) is 0 Å². The largest absolute Gasteiger partial charge is 0.394 e. The van der Waals surface area contributed by atoms with E-state index in [9.17, 15) is 0 Å². The minimum absolute atomic E-state index is 0.0380. The molecule has 0 aliphatic heterocycles. The summed E-state index contributed by atoms with van der Waals surface area (Å²) >= 11 is 0. The highest BCUT2D eigenvalue weighted by Crippen LogP contribution is 1.84. The van der Waals surface area contributed by atoms with Gasteiger partial charge in [-0.25, -0.2) is 0 Å². The molecule has 0 radical (unpaired) electrons. The van der Waals surface area contributed by atoms with Crippen molar-refractivity contribution in [2.75, 3.05) is 99.6 Å². The highest BCUT2D eigenvalue weighted by molar-refractivity contribution is 4.36. The second kappa shape index (κ2) is 28.8. The minimum Gasteiger partial charge on any atom is -0.394 e. The zero-order chi connectivity index (χ0) is 19.6. The molecule has 0 amide bonds. The van der Waals surface area contributed by atoms with Gasteiger partial charge in [-0.15, -0.1) is 0 Å². The third kappa shape index (κ3) is 30.8. The second-order valence-electron chi connectivity index (χ2n) is 4.50. The molecular weight excluding hydrogens is 350 g/mol. The number of nitrogens with zero attached hydrogens (tertiary/aromatic N) is 1. The highest BCUT2D eigenvalue weighted by Gasteiger charge is 1.93. The van der Waals surface area contributed by atoms with Crippen LogP contribution in [0.2, 0.25) is 0 Å². The van der Waals surface area contributed by atoms with Gasteiger partial charge >= 0.3 is 0 Å². The Bertz CT molecular complexity index is 262. The Morgan fingerprint density at radius 2 is 0.769 bits per heavy atom. The summed E-state index contributed by atoms with van der Waals surface area (Å²) in [4.78, 5) is 2.00. The quantitative estimate of drug-likeness (QED) is 0.149. The predicted molar refractivity (Wildman–Crippen MR) is 91.4 cm³/mol. The first-order valence-electron chi connectivity index (χ1n) is 8.42. The molecule has 0 aromatic heterocycles. The van der Waals surface area contributed by atoms with Crippen LogP contribution in [0.1, 0.15) is 0 Å². The highest BCUT2D eigenvalue weighted by atomic mass is 16.6. The number of ether oxygens (including phenoxy) is 7. The van der Waals surface area contributed by atoms with Gasteiger partial charge in [-0.1, -0.05) is 0 Å². The van der Waals surface area contributed by atoms with Gasteiger partial charge in [-0.05, 0) is 0 Å². The Labute approximate surface area is 154 Å². The van der Waals surface area contributed by atoms with Crippen LogP contribution in [0.15, 0.2) is 0 Å². The van der Waals surface area contributed by atoms with Crippen molar-refractivity contribution in [2.45, 2.75) is 0 Å². The van der Waals surface area contributed by atoms with E-state index >= 15 is 0 Å². The smallest absolute Gasteiger partial charge is 0.211 e. The fraction of sp³-hybridized carbons (Fsp3) is 1.00. The lowest BCUT2D eigenvalue weighted by atomic mass is 10.6. The summed E-state index contributed by atoms with van der Waals surface area (Å²) in [6, 6.07) is 0. The van der Waals surface area contributed by atoms with E-state index < -0.39 is 0 Å². The topological polar surface area (TPSA) is 147 Å². The zero-order valence-electron chi connectivity index (χ0n) is 15.7. The first-order chi connectivity index (χ1) is 12.8. The first kappa shape index (κ1) is 27.2. The molecule has 0 bridgehead atoms. The van der Waals surface area contributed by atoms with E-state index in [0.29, 0.717) is 85.9 Å². The van der Waals surface area contributed by atoms with E-state index in [2.05, 4.69) is 0 Å². The molecule has 0 saturated heterocycles. The Morgan fingerprint density at radius 3 is 1.00 bits per heavy atom. The van der Waals surface area contributed by atoms with Gasteiger partial charge in [0.25, 0.3) is 0 Å². The average Bonchev–Trinajstić information content (AvgIpc) is 2.64. The Hall–Kier alpha value is -1.01. The third-order valence-corrected chi connectivity index (χ3v) is 2.53. The van der Waals surface area contributed by atoms with Crippen molar-refractivity contribution in [1.82, 2.24) is 4.91 Å². The number of hydrogen-bond donors (Lipinski definition) is 3. The SMILES string of the molecule is COCCOCCOCCOCCOCCOCCOCCO.N=[N+]=N. The minimum atomic E-state index is 0.0380. The molecule has 0 unspecified atom stereocenters. The molecule has 11 heteroatoms. The van der Waals surface area contributed by atoms with E-state index in [1.807, 2.05) is 4.91 Å². The van der Waals surface area contributed by atoms with Crippen LogP contribution >= 0.6 is 0 Å². The van der Waals surface area contributed by atoms with Crippen molar-refractivity contribution in [1.29, 1.82) is 11.1 Å². The van der Waals surface area contributed by atoms with E-state index in [0.717, 1.165) is 0 Å². The number of hydrogen-bond acceptors (Lipinski definition) is 10. The normalized spacial score (nSPS) is 10.2. The molecule has 0 atom stereocenters. The van der Waals surface area contributed by atoms with Gasteiger partial charge < -0.3 is 38.3 Å². The summed E-state index contributed by atoms with van der Waals surface area (Å²) in [5.41, 5.74) is 11.0. The first-order valence-corrected chi connectivity index (χ1v) is 8.42. The van der Waals surface area contributed by atoms with Crippen molar-refractivity contribution >= 4 is 0 Å². The van der Waals surface area contributed by atoms with Crippen LogP contribution in [0.25, 0.3) is 0 Å². The molecule has 0 aromatic rings. The van der Waals surface area contributed by atoms with Crippen molar-refractivity contribution in [3.8, 4) is 0 Å². The summed E-state index contributed by atoms with van der Waals surface area (Å²) in [5, 5.41) is 8.49. The average molecular weight is 384 g/mol. The monoisotopic (exact) mass is 384 g/mol. The van der Waals surface area contributed by atoms with Gasteiger partial charge in [0.15, 0.2) is 0 Å². The fourth-order valence-electron chi connectivity index (χ4n) is 1.41. The molecule has 0 aliphatic carbocycles.